The molecule has 0 saturated carbocycles. The predicted octanol–water partition coefficient (Wildman–Crippen LogP) is 2.77. The van der Waals surface area contributed by atoms with E-state index in [0.29, 0.717) is 19.1 Å². The highest BCUT2D eigenvalue weighted by atomic mass is 32.1. The molecular weight excluding hydrogens is 284 g/mol. The average molecular weight is 312 g/mol. The van der Waals surface area contributed by atoms with Gasteiger partial charge in [-0.15, -0.1) is 11.3 Å². The van der Waals surface area contributed by atoms with Crippen molar-refractivity contribution in [3.63, 3.8) is 0 Å². The first-order chi connectivity index (χ1) is 10.3. The fraction of sp³-hybridized carbons (Fsp3) is 0.812. The van der Waals surface area contributed by atoms with Gasteiger partial charge in [0.25, 0.3) is 0 Å². The van der Waals surface area contributed by atoms with Crippen LogP contribution in [0.1, 0.15) is 47.7 Å². The maximum Gasteiger partial charge on any atom is 0.0954 e. The second-order valence-corrected chi connectivity index (χ2v) is 6.73. The van der Waals surface area contributed by atoms with Gasteiger partial charge in [-0.1, -0.05) is 6.92 Å². The highest BCUT2D eigenvalue weighted by Gasteiger charge is 2.24. The van der Waals surface area contributed by atoms with Crippen molar-refractivity contribution in [2.75, 3.05) is 40.0 Å². The number of thiazole rings is 1. The molecule has 0 fully saturated rings. The molecule has 0 bridgehead atoms. The van der Waals surface area contributed by atoms with Crippen molar-refractivity contribution in [1.29, 1.82) is 0 Å². The summed E-state index contributed by atoms with van der Waals surface area (Å²) in [4.78, 5) is 6.41. The molecule has 0 aliphatic heterocycles. The van der Waals surface area contributed by atoms with Crippen molar-refractivity contribution in [1.82, 2.24) is 10.3 Å². The van der Waals surface area contributed by atoms with Gasteiger partial charge in [0.05, 0.1) is 30.5 Å². The number of ether oxygens (including phenoxy) is 2. The molecule has 1 unspecified atom stereocenters. The van der Waals surface area contributed by atoms with E-state index in [0.717, 1.165) is 26.1 Å². The van der Waals surface area contributed by atoms with Crippen molar-refractivity contribution < 1.29 is 9.47 Å². The molecule has 1 atom stereocenters. The topological polar surface area (TPSA) is 43.4 Å². The molecule has 0 radical (unpaired) electrons. The molecule has 4 nitrogen and oxygen atoms in total. The van der Waals surface area contributed by atoms with Crippen LogP contribution in [0.3, 0.4) is 0 Å². The molecule has 1 aliphatic carbocycles. The number of aromatic nitrogens is 1. The first-order valence-electron chi connectivity index (χ1n) is 8.11. The number of aryl methyl sites for hydroxylation is 1. The molecule has 0 saturated heterocycles. The summed E-state index contributed by atoms with van der Waals surface area (Å²) >= 11 is 1.89. The largest absolute Gasteiger partial charge is 0.382 e. The van der Waals surface area contributed by atoms with Crippen LogP contribution < -0.4 is 5.32 Å². The molecule has 2 rings (SSSR count). The summed E-state index contributed by atoms with van der Waals surface area (Å²) in [6.07, 6.45) is 5.91. The van der Waals surface area contributed by atoms with Crippen molar-refractivity contribution in [3.05, 3.63) is 15.6 Å². The van der Waals surface area contributed by atoms with Crippen molar-refractivity contribution in [2.45, 2.75) is 44.9 Å². The summed E-state index contributed by atoms with van der Waals surface area (Å²) in [5, 5.41) is 4.78. The Morgan fingerprint density at radius 1 is 1.33 bits per heavy atom. The van der Waals surface area contributed by atoms with E-state index >= 15 is 0 Å². The van der Waals surface area contributed by atoms with E-state index < -0.39 is 0 Å². The molecule has 1 aromatic rings. The van der Waals surface area contributed by atoms with Gasteiger partial charge in [-0.05, 0) is 32.2 Å². The third-order valence-corrected chi connectivity index (χ3v) is 5.02. The van der Waals surface area contributed by atoms with E-state index in [-0.39, 0.29) is 0 Å². The van der Waals surface area contributed by atoms with Gasteiger partial charge in [0, 0.05) is 30.9 Å². The second kappa shape index (κ2) is 9.51. The number of nitrogens with one attached hydrogen (secondary N) is 1. The van der Waals surface area contributed by atoms with Crippen LogP contribution >= 0.6 is 11.3 Å². The van der Waals surface area contributed by atoms with Crippen molar-refractivity contribution in [3.8, 4) is 0 Å². The molecule has 120 valence electrons. The second-order valence-electron chi connectivity index (χ2n) is 5.56. The highest BCUT2D eigenvalue weighted by molar-refractivity contribution is 7.11. The lowest BCUT2D eigenvalue weighted by Gasteiger charge is -2.21. The maximum absolute atomic E-state index is 5.55. The Kier molecular flexibility index (Phi) is 7.64. The Hall–Kier alpha value is -0.490. The number of methoxy groups -OCH3 is 1. The summed E-state index contributed by atoms with van der Waals surface area (Å²) in [6, 6.07) is 0. The van der Waals surface area contributed by atoms with Gasteiger partial charge >= 0.3 is 0 Å². The summed E-state index contributed by atoms with van der Waals surface area (Å²) in [7, 11) is 1.70. The minimum Gasteiger partial charge on any atom is -0.382 e. The lowest BCUT2D eigenvalue weighted by Crippen LogP contribution is -2.24. The number of fused-ring (bicyclic) bond motifs is 1. The van der Waals surface area contributed by atoms with Gasteiger partial charge in [-0.25, -0.2) is 4.98 Å². The van der Waals surface area contributed by atoms with Crippen LogP contribution in [0.2, 0.25) is 0 Å². The molecule has 0 aromatic carbocycles. The molecule has 1 N–H and O–H groups in total. The molecule has 1 aliphatic rings. The molecule has 5 heteroatoms. The van der Waals surface area contributed by atoms with Crippen LogP contribution in [0.25, 0.3) is 0 Å². The SMILES string of the molecule is CCCNCC1CCCc2sc(CCOCCOC)nc21. The lowest BCUT2D eigenvalue weighted by molar-refractivity contribution is 0.0722. The lowest BCUT2D eigenvalue weighted by atomic mass is 9.91. The fourth-order valence-electron chi connectivity index (χ4n) is 2.72. The van der Waals surface area contributed by atoms with Crippen molar-refractivity contribution in [2.24, 2.45) is 0 Å². The van der Waals surface area contributed by atoms with Gasteiger partial charge in [0.15, 0.2) is 0 Å². The Labute approximate surface area is 132 Å². The van der Waals surface area contributed by atoms with Crippen molar-refractivity contribution >= 4 is 11.3 Å². The smallest absolute Gasteiger partial charge is 0.0954 e. The Balaban J connectivity index is 1.83. The first-order valence-corrected chi connectivity index (χ1v) is 8.92. The van der Waals surface area contributed by atoms with Crippen LogP contribution in [-0.4, -0.2) is 45.0 Å². The van der Waals surface area contributed by atoms with Crippen LogP contribution in [-0.2, 0) is 22.3 Å². The molecule has 0 amide bonds. The van der Waals surface area contributed by atoms with Gasteiger partial charge in [-0.3, -0.25) is 0 Å². The summed E-state index contributed by atoms with van der Waals surface area (Å²) in [5.74, 6) is 0.611. The molecule has 21 heavy (non-hydrogen) atoms. The Morgan fingerprint density at radius 3 is 3.05 bits per heavy atom. The Morgan fingerprint density at radius 2 is 2.24 bits per heavy atom. The van der Waals surface area contributed by atoms with E-state index in [9.17, 15) is 0 Å². The monoisotopic (exact) mass is 312 g/mol. The predicted molar refractivity (Wildman–Crippen MR) is 87.4 cm³/mol. The molecule has 1 heterocycles. The highest BCUT2D eigenvalue weighted by Crippen LogP contribution is 2.34. The maximum atomic E-state index is 5.55. The molecule has 1 aromatic heterocycles. The number of rotatable bonds is 10. The average Bonchev–Trinajstić information content (AvgIpc) is 2.91. The fourth-order valence-corrected chi connectivity index (χ4v) is 3.90. The van der Waals surface area contributed by atoms with Gasteiger partial charge in [0.1, 0.15) is 0 Å². The molecular formula is C16H28N2O2S. The van der Waals surface area contributed by atoms with Crippen LogP contribution in [0, 0.1) is 0 Å². The van der Waals surface area contributed by atoms with E-state index in [2.05, 4.69) is 12.2 Å². The van der Waals surface area contributed by atoms with E-state index in [1.54, 1.807) is 7.11 Å². The van der Waals surface area contributed by atoms with Gasteiger partial charge in [-0.2, -0.15) is 0 Å². The Bertz CT molecular complexity index is 409. The molecule has 0 spiro atoms. The third kappa shape index (κ3) is 5.33. The van der Waals surface area contributed by atoms with Crippen LogP contribution in [0.15, 0.2) is 0 Å². The normalized spacial score (nSPS) is 17.9. The van der Waals surface area contributed by atoms with E-state index in [1.165, 1.54) is 41.3 Å². The third-order valence-electron chi connectivity index (χ3n) is 3.82. The van der Waals surface area contributed by atoms with Crippen LogP contribution in [0.5, 0.6) is 0 Å². The minimum absolute atomic E-state index is 0.611. The van der Waals surface area contributed by atoms with Crippen LogP contribution in [0.4, 0.5) is 0 Å². The zero-order chi connectivity index (χ0) is 14.9. The van der Waals surface area contributed by atoms with Gasteiger partial charge in [0.2, 0.25) is 0 Å². The summed E-state index contributed by atoms with van der Waals surface area (Å²) in [6.45, 7) is 6.48. The quantitative estimate of drug-likeness (QED) is 0.675. The van der Waals surface area contributed by atoms with E-state index in [1.807, 2.05) is 11.3 Å². The van der Waals surface area contributed by atoms with E-state index in [4.69, 9.17) is 14.5 Å². The zero-order valence-corrected chi connectivity index (χ0v) is 14.1. The standard InChI is InChI=1S/C16H28N2O2S/c1-3-8-17-12-13-5-4-6-14-16(13)18-15(21-14)7-9-20-11-10-19-2/h13,17H,3-12H2,1-2H3. The van der Waals surface area contributed by atoms with Gasteiger partial charge < -0.3 is 14.8 Å². The summed E-state index contributed by atoms with van der Waals surface area (Å²) < 4.78 is 10.5. The first kappa shape index (κ1) is 16.9. The summed E-state index contributed by atoms with van der Waals surface area (Å²) in [5.41, 5.74) is 1.36. The minimum atomic E-state index is 0.611. The zero-order valence-electron chi connectivity index (χ0n) is 13.3. The number of hydrogen-bond donors (Lipinski definition) is 1. The number of nitrogens with zero attached hydrogens (tertiary/aromatic N) is 1. The number of hydrogen-bond acceptors (Lipinski definition) is 5.